The van der Waals surface area contributed by atoms with E-state index in [9.17, 15) is 14.7 Å². The lowest BCUT2D eigenvalue weighted by Crippen LogP contribution is -2.33. The smallest absolute Gasteiger partial charge is 0.325 e. The van der Waals surface area contributed by atoms with Gasteiger partial charge in [-0.15, -0.1) is 0 Å². The molecule has 0 bridgehead atoms. The Labute approximate surface area is 168 Å². The number of anilines is 2. The van der Waals surface area contributed by atoms with Crippen LogP contribution in [0.4, 0.5) is 16.4 Å². The summed E-state index contributed by atoms with van der Waals surface area (Å²) in [5.74, 6) is 2.34. The predicted octanol–water partition coefficient (Wildman–Crippen LogP) is 0.939. The van der Waals surface area contributed by atoms with E-state index in [4.69, 9.17) is 4.98 Å². The van der Waals surface area contributed by atoms with E-state index in [1.807, 2.05) is 11.4 Å². The molecule has 3 heterocycles. The van der Waals surface area contributed by atoms with E-state index in [2.05, 4.69) is 20.6 Å². The summed E-state index contributed by atoms with van der Waals surface area (Å²) in [5, 5.41) is 22.5. The number of hydrogen-bond donors (Lipinski definition) is 4. The molecule has 1 atom stereocenters. The number of imide groups is 1. The molecule has 10 heteroatoms. The number of aromatic nitrogens is 3. The van der Waals surface area contributed by atoms with Crippen LogP contribution in [0.2, 0.25) is 0 Å². The highest BCUT2D eigenvalue weighted by atomic mass is 16.3. The molecule has 154 valence electrons. The minimum absolute atomic E-state index is 0.327. The molecule has 0 aromatic carbocycles. The maximum atomic E-state index is 11.5. The number of hydrogen-bond acceptors (Lipinski definition) is 7. The lowest BCUT2D eigenvalue weighted by Gasteiger charge is -2.19. The Kier molecular flexibility index (Phi) is 5.34. The first-order valence-electron chi connectivity index (χ1n) is 9.78. The topological polar surface area (TPSA) is 124 Å². The van der Waals surface area contributed by atoms with Crippen LogP contribution >= 0.6 is 0 Å². The second kappa shape index (κ2) is 8.08. The molecule has 1 aliphatic carbocycles. The SMILES string of the molecule is C/C(=C/c1cnn2c(NCC3CC3)cc(N3CCC(O)C3)nc12)NC(=O)NC=O. The summed E-state index contributed by atoms with van der Waals surface area (Å²) in [6.07, 6.45) is 6.64. The maximum absolute atomic E-state index is 11.5. The van der Waals surface area contributed by atoms with Gasteiger partial charge in [-0.25, -0.2) is 9.78 Å². The van der Waals surface area contributed by atoms with E-state index in [1.54, 1.807) is 23.7 Å². The van der Waals surface area contributed by atoms with Gasteiger partial charge in [0.2, 0.25) is 6.41 Å². The van der Waals surface area contributed by atoms with E-state index >= 15 is 0 Å². The van der Waals surface area contributed by atoms with Gasteiger partial charge in [0.25, 0.3) is 0 Å². The number of fused-ring (bicyclic) bond motifs is 1. The average molecular weight is 399 g/mol. The molecule has 2 aromatic heterocycles. The molecule has 4 N–H and O–H groups in total. The van der Waals surface area contributed by atoms with Crippen molar-refractivity contribution in [2.75, 3.05) is 29.9 Å². The van der Waals surface area contributed by atoms with E-state index in [1.165, 1.54) is 12.8 Å². The molecule has 4 rings (SSSR count). The zero-order chi connectivity index (χ0) is 20.4. The van der Waals surface area contributed by atoms with Crippen molar-refractivity contribution in [3.63, 3.8) is 0 Å². The highest BCUT2D eigenvalue weighted by Crippen LogP contribution is 2.30. The van der Waals surface area contributed by atoms with Crippen LogP contribution in [0, 0.1) is 5.92 Å². The number of β-amino-alcohol motifs (C(OH)–C–C–N with tert-alkyl or cyclic N) is 1. The fourth-order valence-electron chi connectivity index (χ4n) is 3.42. The number of rotatable bonds is 7. The number of urea groups is 1. The van der Waals surface area contributed by atoms with Crippen LogP contribution in [0.3, 0.4) is 0 Å². The molecular weight excluding hydrogens is 374 g/mol. The zero-order valence-corrected chi connectivity index (χ0v) is 16.3. The largest absolute Gasteiger partial charge is 0.391 e. The zero-order valence-electron chi connectivity index (χ0n) is 16.3. The highest BCUT2D eigenvalue weighted by Gasteiger charge is 2.24. The molecule has 1 saturated carbocycles. The number of nitrogens with one attached hydrogen (secondary N) is 3. The van der Waals surface area contributed by atoms with Crippen LogP contribution in [0.1, 0.15) is 31.7 Å². The van der Waals surface area contributed by atoms with Gasteiger partial charge in [0.05, 0.1) is 12.3 Å². The predicted molar refractivity (Wildman–Crippen MR) is 108 cm³/mol. The Hall–Kier alpha value is -3.14. The third-order valence-electron chi connectivity index (χ3n) is 5.11. The number of nitrogens with zero attached hydrogens (tertiary/aromatic N) is 4. The van der Waals surface area contributed by atoms with E-state index in [-0.39, 0.29) is 6.10 Å². The molecule has 3 amide bonds. The first-order valence-corrected chi connectivity index (χ1v) is 9.78. The molecule has 2 fully saturated rings. The van der Waals surface area contributed by atoms with Crippen LogP contribution in [0.15, 0.2) is 18.0 Å². The second-order valence-corrected chi connectivity index (χ2v) is 7.59. The molecular formula is C19H25N7O3. The van der Waals surface area contributed by atoms with Gasteiger partial charge in [-0.1, -0.05) is 0 Å². The van der Waals surface area contributed by atoms with Gasteiger partial charge in [-0.2, -0.15) is 9.61 Å². The third-order valence-corrected chi connectivity index (χ3v) is 5.11. The lowest BCUT2D eigenvalue weighted by atomic mass is 10.2. The van der Waals surface area contributed by atoms with E-state index in [0.29, 0.717) is 30.2 Å². The summed E-state index contributed by atoms with van der Waals surface area (Å²) >= 11 is 0. The minimum atomic E-state index is -0.600. The standard InChI is InChI=1S/C19H25N7O3/c1-12(23-19(29)21-11-27)6-14-9-22-26-16(20-8-13-2-3-13)7-17(24-18(14)26)25-5-4-15(28)10-25/h6-7,9,11,13,15,20,28H,2-5,8,10H2,1H3,(H2,21,23,27,29)/b12-6-. The van der Waals surface area contributed by atoms with Crippen LogP contribution in [0.5, 0.6) is 0 Å². The lowest BCUT2D eigenvalue weighted by molar-refractivity contribution is -0.108. The number of carbonyl (C=O) groups is 2. The van der Waals surface area contributed by atoms with Crippen molar-refractivity contribution in [2.45, 2.75) is 32.3 Å². The van der Waals surface area contributed by atoms with Crippen molar-refractivity contribution in [1.82, 2.24) is 25.2 Å². The van der Waals surface area contributed by atoms with Crippen molar-refractivity contribution in [3.05, 3.63) is 23.5 Å². The normalized spacial score (nSPS) is 19.4. The summed E-state index contributed by atoms with van der Waals surface area (Å²) in [6.45, 7) is 3.91. The van der Waals surface area contributed by atoms with E-state index < -0.39 is 6.03 Å². The minimum Gasteiger partial charge on any atom is -0.391 e. The highest BCUT2D eigenvalue weighted by molar-refractivity contribution is 5.86. The van der Waals surface area contributed by atoms with Crippen molar-refractivity contribution < 1.29 is 14.7 Å². The third kappa shape index (κ3) is 4.48. The van der Waals surface area contributed by atoms with Gasteiger partial charge in [-0.05, 0) is 38.2 Å². The molecule has 2 aliphatic rings. The number of carbonyl (C=O) groups excluding carboxylic acids is 2. The van der Waals surface area contributed by atoms with Crippen LogP contribution < -0.4 is 20.9 Å². The number of amides is 3. The Morgan fingerprint density at radius 2 is 2.21 bits per heavy atom. The molecule has 0 spiro atoms. The summed E-state index contributed by atoms with van der Waals surface area (Å²) < 4.78 is 1.75. The summed E-state index contributed by atoms with van der Waals surface area (Å²) in [7, 11) is 0. The van der Waals surface area contributed by atoms with Crippen LogP contribution in [0.25, 0.3) is 11.7 Å². The molecule has 10 nitrogen and oxygen atoms in total. The molecule has 1 aliphatic heterocycles. The maximum Gasteiger partial charge on any atom is 0.325 e. The Balaban J connectivity index is 1.66. The first-order chi connectivity index (χ1) is 14.0. The Morgan fingerprint density at radius 1 is 1.38 bits per heavy atom. The molecule has 29 heavy (non-hydrogen) atoms. The van der Waals surface area contributed by atoms with E-state index in [0.717, 1.165) is 36.7 Å². The summed E-state index contributed by atoms with van der Waals surface area (Å²) in [4.78, 5) is 28.8. The monoisotopic (exact) mass is 399 g/mol. The fourth-order valence-corrected chi connectivity index (χ4v) is 3.42. The van der Waals surface area contributed by atoms with Crippen molar-refractivity contribution >= 4 is 35.8 Å². The van der Waals surface area contributed by atoms with Crippen LogP contribution in [-0.4, -0.2) is 57.9 Å². The Bertz CT molecular complexity index is 951. The van der Waals surface area contributed by atoms with Gasteiger partial charge in [-0.3, -0.25) is 10.1 Å². The van der Waals surface area contributed by atoms with Gasteiger partial charge in [0.15, 0.2) is 5.65 Å². The second-order valence-electron chi connectivity index (χ2n) is 7.59. The fraction of sp³-hybridized carbons (Fsp3) is 0.474. The molecule has 1 saturated heterocycles. The van der Waals surface area contributed by atoms with Gasteiger partial charge in [0, 0.05) is 37.0 Å². The first kappa shape index (κ1) is 19.2. The molecule has 2 aromatic rings. The average Bonchev–Trinajstić information content (AvgIpc) is 3.28. The van der Waals surface area contributed by atoms with Gasteiger partial charge >= 0.3 is 6.03 Å². The Morgan fingerprint density at radius 3 is 2.90 bits per heavy atom. The number of allylic oxidation sites excluding steroid dienone is 1. The summed E-state index contributed by atoms with van der Waals surface area (Å²) in [6, 6.07) is 1.37. The van der Waals surface area contributed by atoms with Crippen molar-refractivity contribution in [2.24, 2.45) is 5.92 Å². The number of aliphatic hydroxyl groups is 1. The molecule has 1 unspecified atom stereocenters. The number of aliphatic hydroxyl groups excluding tert-OH is 1. The molecule has 0 radical (unpaired) electrons. The van der Waals surface area contributed by atoms with Crippen LogP contribution in [-0.2, 0) is 4.79 Å². The van der Waals surface area contributed by atoms with Crippen molar-refractivity contribution in [3.8, 4) is 0 Å². The van der Waals surface area contributed by atoms with Crippen molar-refractivity contribution in [1.29, 1.82) is 0 Å². The van der Waals surface area contributed by atoms with Gasteiger partial charge in [0.1, 0.15) is 11.6 Å². The quantitative estimate of drug-likeness (QED) is 0.511. The van der Waals surface area contributed by atoms with Gasteiger partial charge < -0.3 is 20.6 Å². The summed E-state index contributed by atoms with van der Waals surface area (Å²) in [5.41, 5.74) is 1.94.